The van der Waals surface area contributed by atoms with Crippen molar-refractivity contribution >= 4 is 22.5 Å². The van der Waals surface area contributed by atoms with E-state index in [-0.39, 0.29) is 23.5 Å². The van der Waals surface area contributed by atoms with E-state index in [4.69, 9.17) is 10.5 Å². The van der Waals surface area contributed by atoms with Crippen LogP contribution in [0.2, 0.25) is 0 Å². The minimum absolute atomic E-state index is 0.0285. The van der Waals surface area contributed by atoms with Gasteiger partial charge in [0.15, 0.2) is 11.5 Å². The topological polar surface area (TPSA) is 81.3 Å². The Bertz CT molecular complexity index is 917. The number of aromatic nitrogens is 2. The Hall–Kier alpha value is -2.99. The summed E-state index contributed by atoms with van der Waals surface area (Å²) in [4.78, 5) is 21.9. The number of nitrogens with two attached hydrogens (primary N) is 1. The Kier molecular flexibility index (Phi) is 4.03. The minimum atomic E-state index is -0.199. The van der Waals surface area contributed by atoms with Crippen molar-refractivity contribution in [1.29, 1.82) is 0 Å². The number of likely N-dealkylation sites (tertiary alicyclic amines) is 1. The monoisotopic (exact) mass is 334 g/mol. The van der Waals surface area contributed by atoms with E-state index in [1.54, 1.807) is 4.90 Å². The molecule has 0 spiro atoms. The maximum absolute atomic E-state index is 12.3. The molecule has 2 aromatic carbocycles. The van der Waals surface area contributed by atoms with Gasteiger partial charge in [0, 0.05) is 25.5 Å². The lowest BCUT2D eigenvalue weighted by Gasteiger charge is -2.38. The molecule has 0 unspecified atom stereocenters. The van der Waals surface area contributed by atoms with Gasteiger partial charge in [-0.1, -0.05) is 42.5 Å². The third-order valence-corrected chi connectivity index (χ3v) is 4.42. The molecule has 3 aromatic rings. The number of amides is 1. The van der Waals surface area contributed by atoms with Gasteiger partial charge in [0.2, 0.25) is 0 Å². The number of nitrogens with zero attached hydrogens (tertiary/aromatic N) is 3. The first-order valence-electron chi connectivity index (χ1n) is 8.16. The number of carbonyl (C=O) groups is 1. The van der Waals surface area contributed by atoms with E-state index in [1.807, 2.05) is 18.2 Å². The van der Waals surface area contributed by atoms with E-state index < -0.39 is 0 Å². The van der Waals surface area contributed by atoms with Crippen molar-refractivity contribution in [3.05, 3.63) is 66.1 Å². The van der Waals surface area contributed by atoms with Crippen molar-refractivity contribution in [2.75, 3.05) is 18.8 Å². The Labute approximate surface area is 145 Å². The molecule has 1 amide bonds. The second kappa shape index (κ2) is 6.49. The van der Waals surface area contributed by atoms with Crippen LogP contribution in [0, 0.1) is 0 Å². The highest BCUT2D eigenvalue weighted by Crippen LogP contribution is 2.22. The van der Waals surface area contributed by atoms with Gasteiger partial charge in [0.05, 0.1) is 12.7 Å². The second-order valence-electron chi connectivity index (χ2n) is 6.07. The first-order chi connectivity index (χ1) is 12.2. The number of hydrogen-bond acceptors (Lipinski definition) is 5. The Balaban J connectivity index is 1.36. The van der Waals surface area contributed by atoms with Gasteiger partial charge in [0.25, 0.3) is 5.91 Å². The fourth-order valence-electron chi connectivity index (χ4n) is 3.00. The standard InChI is InChI=1S/C19H18N4O2/c20-18-17(21-8-9-22-18)19(24)23-10-15(11-23)25-12-14-6-3-5-13-4-1-2-7-16(13)14/h1-9,15H,10-12H2,(H2,20,22). The van der Waals surface area contributed by atoms with E-state index in [0.717, 1.165) is 5.56 Å². The molecule has 1 fully saturated rings. The fraction of sp³-hybridized carbons (Fsp3) is 0.211. The predicted octanol–water partition coefficient (Wildman–Crippen LogP) is 2.25. The maximum atomic E-state index is 12.3. The third-order valence-electron chi connectivity index (χ3n) is 4.42. The molecular formula is C19H18N4O2. The summed E-state index contributed by atoms with van der Waals surface area (Å²) in [5, 5.41) is 2.40. The van der Waals surface area contributed by atoms with Crippen molar-refractivity contribution in [3.8, 4) is 0 Å². The maximum Gasteiger partial charge on any atom is 0.276 e. The zero-order valence-corrected chi connectivity index (χ0v) is 13.6. The van der Waals surface area contributed by atoms with Gasteiger partial charge in [-0.15, -0.1) is 0 Å². The smallest absolute Gasteiger partial charge is 0.276 e. The Morgan fingerprint density at radius 1 is 1.12 bits per heavy atom. The molecular weight excluding hydrogens is 316 g/mol. The highest BCUT2D eigenvalue weighted by molar-refractivity contribution is 5.96. The minimum Gasteiger partial charge on any atom is -0.382 e. The molecule has 2 heterocycles. The van der Waals surface area contributed by atoms with Crippen LogP contribution in [0.1, 0.15) is 16.1 Å². The van der Waals surface area contributed by atoms with Gasteiger partial charge in [-0.3, -0.25) is 4.79 Å². The van der Waals surface area contributed by atoms with Crippen LogP contribution in [0.4, 0.5) is 5.82 Å². The molecule has 4 rings (SSSR count). The molecule has 126 valence electrons. The second-order valence-corrected chi connectivity index (χ2v) is 6.07. The molecule has 0 aliphatic carbocycles. The summed E-state index contributed by atoms with van der Waals surface area (Å²) in [5.41, 5.74) is 7.07. The molecule has 1 saturated heterocycles. The summed E-state index contributed by atoms with van der Waals surface area (Å²) in [5.74, 6) is -0.0387. The van der Waals surface area contributed by atoms with Gasteiger partial charge in [-0.25, -0.2) is 9.97 Å². The number of carbonyl (C=O) groups excluding carboxylic acids is 1. The largest absolute Gasteiger partial charge is 0.382 e. The summed E-state index contributed by atoms with van der Waals surface area (Å²) in [6.07, 6.45) is 2.97. The van der Waals surface area contributed by atoms with E-state index >= 15 is 0 Å². The molecule has 1 aliphatic heterocycles. The molecule has 1 aliphatic rings. The SMILES string of the molecule is Nc1nccnc1C(=O)N1CC(OCc2cccc3ccccc23)C1. The number of hydrogen-bond donors (Lipinski definition) is 1. The first kappa shape index (κ1) is 15.5. The van der Waals surface area contributed by atoms with Gasteiger partial charge in [0.1, 0.15) is 0 Å². The van der Waals surface area contributed by atoms with Crippen molar-refractivity contribution in [2.45, 2.75) is 12.7 Å². The van der Waals surface area contributed by atoms with Crippen LogP contribution < -0.4 is 5.73 Å². The first-order valence-corrected chi connectivity index (χ1v) is 8.16. The van der Waals surface area contributed by atoms with Crippen molar-refractivity contribution in [1.82, 2.24) is 14.9 Å². The van der Waals surface area contributed by atoms with Crippen LogP contribution >= 0.6 is 0 Å². The lowest BCUT2D eigenvalue weighted by Crippen LogP contribution is -2.55. The summed E-state index contributed by atoms with van der Waals surface area (Å²) in [7, 11) is 0. The molecule has 0 radical (unpaired) electrons. The predicted molar refractivity (Wildman–Crippen MR) is 94.9 cm³/mol. The van der Waals surface area contributed by atoms with E-state index in [2.05, 4.69) is 34.2 Å². The lowest BCUT2D eigenvalue weighted by atomic mass is 10.1. The third kappa shape index (κ3) is 3.04. The van der Waals surface area contributed by atoms with Crippen LogP contribution in [0.15, 0.2) is 54.9 Å². The molecule has 25 heavy (non-hydrogen) atoms. The number of ether oxygens (including phenoxy) is 1. The van der Waals surface area contributed by atoms with Crippen LogP contribution in [-0.2, 0) is 11.3 Å². The van der Waals surface area contributed by atoms with Gasteiger partial charge in [-0.05, 0) is 16.3 Å². The summed E-state index contributed by atoms with van der Waals surface area (Å²) < 4.78 is 5.96. The average Bonchev–Trinajstić information content (AvgIpc) is 2.60. The fourth-order valence-corrected chi connectivity index (χ4v) is 3.00. The molecule has 1 aromatic heterocycles. The van der Waals surface area contributed by atoms with E-state index in [0.29, 0.717) is 19.7 Å². The molecule has 6 nitrogen and oxygen atoms in total. The summed E-state index contributed by atoms with van der Waals surface area (Å²) in [6.45, 7) is 1.61. The lowest BCUT2D eigenvalue weighted by molar-refractivity contribution is -0.0501. The van der Waals surface area contributed by atoms with Crippen molar-refractivity contribution in [2.24, 2.45) is 0 Å². The van der Waals surface area contributed by atoms with Crippen molar-refractivity contribution < 1.29 is 9.53 Å². The van der Waals surface area contributed by atoms with Gasteiger partial charge >= 0.3 is 0 Å². The highest BCUT2D eigenvalue weighted by atomic mass is 16.5. The quantitative estimate of drug-likeness (QED) is 0.791. The molecule has 2 N–H and O–H groups in total. The van der Waals surface area contributed by atoms with E-state index in [9.17, 15) is 4.79 Å². The van der Waals surface area contributed by atoms with Crippen LogP contribution in [0.25, 0.3) is 10.8 Å². The number of nitrogen functional groups attached to an aromatic ring is 1. The zero-order chi connectivity index (χ0) is 17.2. The number of rotatable bonds is 4. The molecule has 0 bridgehead atoms. The van der Waals surface area contributed by atoms with E-state index in [1.165, 1.54) is 23.2 Å². The highest BCUT2D eigenvalue weighted by Gasteiger charge is 2.33. The molecule has 0 saturated carbocycles. The van der Waals surface area contributed by atoms with Crippen LogP contribution in [-0.4, -0.2) is 40.0 Å². The number of benzene rings is 2. The van der Waals surface area contributed by atoms with Crippen LogP contribution in [0.5, 0.6) is 0 Å². The molecule has 0 atom stereocenters. The normalized spacial score (nSPS) is 14.5. The Morgan fingerprint density at radius 3 is 2.72 bits per heavy atom. The summed E-state index contributed by atoms with van der Waals surface area (Å²) >= 11 is 0. The number of fused-ring (bicyclic) bond motifs is 1. The zero-order valence-electron chi connectivity index (χ0n) is 13.6. The van der Waals surface area contributed by atoms with Crippen LogP contribution in [0.3, 0.4) is 0 Å². The van der Waals surface area contributed by atoms with Gasteiger partial charge in [-0.2, -0.15) is 0 Å². The van der Waals surface area contributed by atoms with Crippen molar-refractivity contribution in [3.63, 3.8) is 0 Å². The number of anilines is 1. The molecule has 6 heteroatoms. The van der Waals surface area contributed by atoms with Gasteiger partial charge < -0.3 is 15.4 Å². The summed E-state index contributed by atoms with van der Waals surface area (Å²) in [6, 6.07) is 14.4. The Morgan fingerprint density at radius 2 is 1.88 bits per heavy atom. The average molecular weight is 334 g/mol.